The Morgan fingerprint density at radius 2 is 0.417 bits per heavy atom. The van der Waals surface area contributed by atoms with Crippen molar-refractivity contribution in [1.82, 2.24) is 0 Å². The van der Waals surface area contributed by atoms with Gasteiger partial charge >= 0.3 is 5.97 Å². The van der Waals surface area contributed by atoms with Crippen molar-refractivity contribution in [3.8, 4) is 46.0 Å². The lowest BCUT2D eigenvalue weighted by atomic mass is 10.1. The molecule has 0 amide bonds. The molecule has 0 spiro atoms. The molecule has 0 atom stereocenters. The highest BCUT2D eigenvalue weighted by Crippen LogP contribution is 2.43. The predicted molar refractivity (Wildman–Crippen MR) is 439 cm³/mol. The summed E-state index contributed by atoms with van der Waals surface area (Å²) in [5.74, 6) is 3.82. The molecule has 0 fully saturated rings. The number of hydrogen-bond donors (Lipinski definition) is 1. The Hall–Kier alpha value is -4.47. The smallest absolute Gasteiger partial charge is 0.335 e. The monoisotopic (exact) mass is 1440 g/mol. The van der Waals surface area contributed by atoms with Crippen molar-refractivity contribution in [3.63, 3.8) is 0 Å². The van der Waals surface area contributed by atoms with Crippen molar-refractivity contribution in [3.05, 3.63) is 59.2 Å². The molecule has 10 heteroatoms. The number of benzene rings is 3. The number of rotatable bonds is 79. The van der Waals surface area contributed by atoms with Crippen molar-refractivity contribution < 1.29 is 47.8 Å². The standard InChI is InChI=1S/C93H162O10/c1-7-13-19-25-31-37-43-49-55-61-69-96-87-75-82(76-88(97-70-62-56-50-44-38-32-26-20-14-8-2)91(87)100-73-65-59-53-47-41-35-29-23-17-11-5)80-102-85-68-67-84(93(94)95)79-86(85)103-81-83-77-89(98-71-63-57-51-45-39-33-27-21-15-9-3)92(101-74-66-60-54-48-42-36-30-24-18-12-6)90(78-83)99-72-64-58-52-46-40-34-28-22-16-10-4/h67-68,75-79H,7-66,69-74,80-81H2,1-6H3,(H,94,95). The quantitative estimate of drug-likeness (QED) is 0.0549. The lowest BCUT2D eigenvalue weighted by Gasteiger charge is -2.20. The number of carboxylic acid groups (broad SMARTS) is 1. The minimum atomic E-state index is -1.03. The summed E-state index contributed by atoms with van der Waals surface area (Å²) in [4.78, 5) is 12.7. The van der Waals surface area contributed by atoms with Gasteiger partial charge in [0.1, 0.15) is 13.2 Å². The van der Waals surface area contributed by atoms with E-state index in [0.29, 0.717) is 85.6 Å². The summed E-state index contributed by atoms with van der Waals surface area (Å²) in [7, 11) is 0. The van der Waals surface area contributed by atoms with Crippen LogP contribution in [0.2, 0.25) is 0 Å². The first-order chi connectivity index (χ1) is 50.9. The van der Waals surface area contributed by atoms with Crippen LogP contribution >= 0.6 is 0 Å². The predicted octanol–water partition coefficient (Wildman–Crippen LogP) is 30.3. The summed E-state index contributed by atoms with van der Waals surface area (Å²) in [6.45, 7) is 17.5. The Labute approximate surface area is 635 Å². The summed E-state index contributed by atoms with van der Waals surface area (Å²) < 4.78 is 54.2. The molecule has 0 heterocycles. The highest BCUT2D eigenvalue weighted by Gasteiger charge is 2.21. The Balaban J connectivity index is 1.97. The lowest BCUT2D eigenvalue weighted by Crippen LogP contribution is -2.09. The van der Waals surface area contributed by atoms with Crippen LogP contribution in [0, 0.1) is 0 Å². The van der Waals surface area contributed by atoms with Crippen molar-refractivity contribution in [2.45, 2.75) is 440 Å². The van der Waals surface area contributed by atoms with Crippen LogP contribution in [0.25, 0.3) is 0 Å². The van der Waals surface area contributed by atoms with E-state index in [4.69, 9.17) is 37.9 Å². The van der Waals surface area contributed by atoms with Gasteiger partial charge in [0.25, 0.3) is 0 Å². The van der Waals surface area contributed by atoms with Crippen LogP contribution in [-0.4, -0.2) is 50.7 Å². The maximum absolute atomic E-state index is 12.7. The topological polar surface area (TPSA) is 111 Å². The second-order valence-corrected chi connectivity index (χ2v) is 30.6. The maximum Gasteiger partial charge on any atom is 0.335 e. The van der Waals surface area contributed by atoms with E-state index in [1.807, 2.05) is 12.1 Å². The Morgan fingerprint density at radius 1 is 0.223 bits per heavy atom. The van der Waals surface area contributed by atoms with Gasteiger partial charge in [0.15, 0.2) is 34.5 Å². The van der Waals surface area contributed by atoms with Gasteiger partial charge < -0.3 is 43.0 Å². The minimum absolute atomic E-state index is 0.119. The van der Waals surface area contributed by atoms with Gasteiger partial charge in [-0.2, -0.15) is 0 Å². The van der Waals surface area contributed by atoms with E-state index >= 15 is 0 Å². The molecule has 594 valence electrons. The van der Waals surface area contributed by atoms with Gasteiger partial charge in [-0.15, -0.1) is 0 Å². The molecule has 3 rings (SSSR count). The van der Waals surface area contributed by atoms with Crippen molar-refractivity contribution in [1.29, 1.82) is 0 Å². The fourth-order valence-electron chi connectivity index (χ4n) is 14.0. The summed E-state index contributed by atoms with van der Waals surface area (Å²) >= 11 is 0. The molecule has 0 saturated carbocycles. The number of aromatic carboxylic acids is 1. The fraction of sp³-hybridized carbons (Fsp3) is 0.796. The second-order valence-electron chi connectivity index (χ2n) is 30.6. The van der Waals surface area contributed by atoms with Gasteiger partial charge in [-0.3, -0.25) is 0 Å². The third-order valence-corrected chi connectivity index (χ3v) is 20.7. The molecule has 1 N–H and O–H groups in total. The van der Waals surface area contributed by atoms with Crippen molar-refractivity contribution in [2.75, 3.05) is 39.6 Å². The van der Waals surface area contributed by atoms with E-state index in [-0.39, 0.29) is 18.8 Å². The molecule has 0 aliphatic rings. The number of carboxylic acids is 1. The normalized spacial score (nSPS) is 11.4. The molecular weight excluding hydrogens is 1280 g/mol. The van der Waals surface area contributed by atoms with Gasteiger partial charge in [0.2, 0.25) is 11.5 Å². The van der Waals surface area contributed by atoms with E-state index in [1.54, 1.807) is 18.2 Å². The molecule has 3 aromatic rings. The first-order valence-electron chi connectivity index (χ1n) is 44.6. The van der Waals surface area contributed by atoms with Crippen LogP contribution in [0.4, 0.5) is 0 Å². The Kier molecular flexibility index (Phi) is 62.4. The average Bonchev–Trinajstić information content (AvgIpc) is 0.827. The Morgan fingerprint density at radius 3 is 0.631 bits per heavy atom. The van der Waals surface area contributed by atoms with Crippen molar-refractivity contribution >= 4 is 5.97 Å². The van der Waals surface area contributed by atoms with Gasteiger partial charge in [0.05, 0.1) is 45.2 Å². The van der Waals surface area contributed by atoms with Gasteiger partial charge in [-0.05, 0) is 92.1 Å². The largest absolute Gasteiger partial charge is 0.490 e. The number of unbranched alkanes of at least 4 members (excludes halogenated alkanes) is 54. The first kappa shape index (κ1) is 92.7. The van der Waals surface area contributed by atoms with Crippen LogP contribution in [0.3, 0.4) is 0 Å². The highest BCUT2D eigenvalue weighted by molar-refractivity contribution is 5.88. The molecule has 0 unspecified atom stereocenters. The minimum Gasteiger partial charge on any atom is -0.490 e. The number of carbonyl (C=O) groups is 1. The fourth-order valence-corrected chi connectivity index (χ4v) is 14.0. The third kappa shape index (κ3) is 50.7. The molecule has 0 radical (unpaired) electrons. The van der Waals surface area contributed by atoms with E-state index in [9.17, 15) is 9.90 Å². The molecule has 3 aromatic carbocycles. The molecule has 0 aliphatic carbocycles. The molecular formula is C93H162O10. The Bertz CT molecular complexity index is 2270. The van der Waals surface area contributed by atoms with E-state index in [2.05, 4.69) is 53.7 Å². The summed E-state index contributed by atoms with van der Waals surface area (Å²) in [6, 6.07) is 13.1. The SMILES string of the molecule is CCCCCCCCCCCCOc1cc(COc2ccc(C(=O)O)cc2OCc2cc(OCCCCCCCCCCCC)c(OCCCCCCCCCCCC)c(OCCCCCCCCCCCC)c2)cc(OCCCCCCCCCCCC)c1OCCCCCCCCCCCC. The zero-order valence-electron chi connectivity index (χ0n) is 68.2. The molecule has 0 aliphatic heterocycles. The zero-order chi connectivity index (χ0) is 73.6. The van der Waals surface area contributed by atoms with Gasteiger partial charge in [-0.1, -0.05) is 388 Å². The average molecular weight is 1440 g/mol. The van der Waals surface area contributed by atoms with E-state index in [1.165, 1.54) is 308 Å². The molecule has 0 saturated heterocycles. The van der Waals surface area contributed by atoms with Crippen LogP contribution < -0.4 is 37.9 Å². The van der Waals surface area contributed by atoms with Crippen molar-refractivity contribution in [2.24, 2.45) is 0 Å². The lowest BCUT2D eigenvalue weighted by molar-refractivity contribution is 0.0696. The van der Waals surface area contributed by atoms with Gasteiger partial charge in [0, 0.05) is 0 Å². The highest BCUT2D eigenvalue weighted by atomic mass is 16.6. The summed E-state index contributed by atoms with van der Waals surface area (Å²) in [5, 5.41) is 10.4. The number of hydrogen-bond acceptors (Lipinski definition) is 9. The molecule has 10 nitrogen and oxygen atoms in total. The maximum atomic E-state index is 12.7. The third-order valence-electron chi connectivity index (χ3n) is 20.7. The van der Waals surface area contributed by atoms with Crippen LogP contribution in [-0.2, 0) is 13.2 Å². The molecule has 103 heavy (non-hydrogen) atoms. The first-order valence-corrected chi connectivity index (χ1v) is 44.6. The van der Waals surface area contributed by atoms with Crippen LogP contribution in [0.15, 0.2) is 42.5 Å². The van der Waals surface area contributed by atoms with E-state index < -0.39 is 5.97 Å². The molecule has 0 aromatic heterocycles. The second kappa shape index (κ2) is 69.3. The summed E-state index contributed by atoms with van der Waals surface area (Å²) in [6.07, 6.45) is 75.3. The summed E-state index contributed by atoms with van der Waals surface area (Å²) in [5.41, 5.74) is 1.83. The number of ether oxygens (including phenoxy) is 8. The molecule has 0 bridgehead atoms. The van der Waals surface area contributed by atoms with Gasteiger partial charge in [-0.25, -0.2) is 4.79 Å². The zero-order valence-corrected chi connectivity index (χ0v) is 68.2. The van der Waals surface area contributed by atoms with E-state index in [0.717, 1.165) is 88.2 Å². The van der Waals surface area contributed by atoms with Crippen LogP contribution in [0.1, 0.15) is 448 Å². The van der Waals surface area contributed by atoms with Crippen LogP contribution in [0.5, 0.6) is 46.0 Å².